The molecule has 0 aliphatic rings. The molecular formula is C43H79NO5. The second kappa shape index (κ2) is 40.9. The number of aliphatic hydroxyl groups is 1. The van der Waals surface area contributed by atoms with Crippen LogP contribution in [-0.4, -0.2) is 68.3 Å². The van der Waals surface area contributed by atoms with E-state index in [1.807, 2.05) is 0 Å². The molecule has 0 aliphatic heterocycles. The van der Waals surface area contributed by atoms with Crippen LogP contribution in [0.3, 0.4) is 0 Å². The van der Waals surface area contributed by atoms with Crippen molar-refractivity contribution in [3.8, 4) is 23.7 Å². The highest BCUT2D eigenvalue weighted by atomic mass is 16.7. The number of carbonyl (C=O) groups is 1. The Morgan fingerprint density at radius 1 is 0.531 bits per heavy atom. The van der Waals surface area contributed by atoms with Gasteiger partial charge in [-0.15, -0.1) is 23.7 Å². The summed E-state index contributed by atoms with van der Waals surface area (Å²) in [4.78, 5) is 14.4. The molecule has 0 aromatic carbocycles. The van der Waals surface area contributed by atoms with Gasteiger partial charge in [0.1, 0.15) is 0 Å². The molecule has 1 N–H and O–H groups in total. The number of hydrogen-bond acceptors (Lipinski definition) is 6. The zero-order valence-corrected chi connectivity index (χ0v) is 32.6. The summed E-state index contributed by atoms with van der Waals surface area (Å²) >= 11 is 0. The van der Waals surface area contributed by atoms with Gasteiger partial charge >= 0.3 is 5.97 Å². The summed E-state index contributed by atoms with van der Waals surface area (Å²) in [5, 5.41) is 9.55. The van der Waals surface area contributed by atoms with Gasteiger partial charge in [0, 0.05) is 38.6 Å². The summed E-state index contributed by atoms with van der Waals surface area (Å²) < 4.78 is 17.5. The Hall–Kier alpha value is -1.57. The number of carbonyl (C=O) groups excluding carboxylic acids is 1. The summed E-state index contributed by atoms with van der Waals surface area (Å²) in [5.41, 5.74) is 0. The first-order valence-electron chi connectivity index (χ1n) is 20.8. The van der Waals surface area contributed by atoms with Gasteiger partial charge in [-0.05, 0) is 64.5 Å². The van der Waals surface area contributed by atoms with Crippen LogP contribution >= 0.6 is 0 Å². The number of esters is 1. The molecule has 0 aromatic rings. The largest absolute Gasteiger partial charge is 0.466 e. The van der Waals surface area contributed by atoms with Gasteiger partial charge in [-0.2, -0.15) is 0 Å². The first-order valence-corrected chi connectivity index (χ1v) is 20.8. The van der Waals surface area contributed by atoms with E-state index in [1.54, 1.807) is 0 Å². The fourth-order valence-corrected chi connectivity index (χ4v) is 5.69. The maximum absolute atomic E-state index is 12.0. The molecule has 0 heterocycles. The summed E-state index contributed by atoms with van der Waals surface area (Å²) in [7, 11) is 0. The molecule has 0 atom stereocenters. The molecule has 0 saturated carbocycles. The first-order chi connectivity index (χ1) is 24.2. The number of ether oxygens (including phenoxy) is 3. The molecule has 0 radical (unpaired) electrons. The average molecular weight is 690 g/mol. The van der Waals surface area contributed by atoms with Crippen molar-refractivity contribution in [1.82, 2.24) is 4.90 Å². The van der Waals surface area contributed by atoms with Crippen LogP contribution in [0, 0.1) is 23.7 Å². The highest BCUT2D eigenvalue weighted by Crippen LogP contribution is 2.13. The Labute approximate surface area is 304 Å². The Morgan fingerprint density at radius 3 is 1.55 bits per heavy atom. The molecule has 0 saturated heterocycles. The summed E-state index contributed by atoms with van der Waals surface area (Å²) in [6.45, 7) is 11.5. The van der Waals surface area contributed by atoms with Gasteiger partial charge in [0.2, 0.25) is 0 Å². The van der Waals surface area contributed by atoms with E-state index in [-0.39, 0.29) is 18.9 Å². The quantitative estimate of drug-likeness (QED) is 0.0306. The van der Waals surface area contributed by atoms with Crippen LogP contribution in [0.2, 0.25) is 0 Å². The van der Waals surface area contributed by atoms with Gasteiger partial charge in [-0.25, -0.2) is 0 Å². The highest BCUT2D eigenvalue weighted by Gasteiger charge is 2.09. The van der Waals surface area contributed by atoms with Crippen molar-refractivity contribution in [1.29, 1.82) is 0 Å². The lowest BCUT2D eigenvalue weighted by Gasteiger charge is -2.21. The first kappa shape index (κ1) is 47.4. The molecule has 0 bridgehead atoms. The van der Waals surface area contributed by atoms with Crippen LogP contribution < -0.4 is 0 Å². The van der Waals surface area contributed by atoms with E-state index >= 15 is 0 Å². The molecule has 6 nitrogen and oxygen atoms in total. The van der Waals surface area contributed by atoms with Crippen molar-refractivity contribution in [3.63, 3.8) is 0 Å². The van der Waals surface area contributed by atoms with Gasteiger partial charge in [-0.1, -0.05) is 111 Å². The van der Waals surface area contributed by atoms with Crippen molar-refractivity contribution in [3.05, 3.63) is 0 Å². The third kappa shape index (κ3) is 37.5. The third-order valence-corrected chi connectivity index (χ3v) is 8.82. The van der Waals surface area contributed by atoms with E-state index in [2.05, 4.69) is 49.4 Å². The Kier molecular flexibility index (Phi) is 39.5. The number of rotatable bonds is 36. The minimum absolute atomic E-state index is 0.0285. The second-order valence-corrected chi connectivity index (χ2v) is 13.6. The van der Waals surface area contributed by atoms with E-state index in [4.69, 9.17) is 14.2 Å². The second-order valence-electron chi connectivity index (χ2n) is 13.6. The Morgan fingerprint density at radius 2 is 1.00 bits per heavy atom. The van der Waals surface area contributed by atoms with E-state index in [1.165, 1.54) is 96.3 Å². The van der Waals surface area contributed by atoms with Crippen LogP contribution in [0.15, 0.2) is 0 Å². The number of hydrogen-bond donors (Lipinski definition) is 1. The van der Waals surface area contributed by atoms with Crippen molar-refractivity contribution in [2.24, 2.45) is 0 Å². The monoisotopic (exact) mass is 690 g/mol. The lowest BCUT2D eigenvalue weighted by Crippen LogP contribution is -2.29. The van der Waals surface area contributed by atoms with Crippen LogP contribution in [0.4, 0.5) is 0 Å². The van der Waals surface area contributed by atoms with Crippen LogP contribution in [0.5, 0.6) is 0 Å². The zero-order chi connectivity index (χ0) is 35.7. The maximum Gasteiger partial charge on any atom is 0.305 e. The molecule has 0 unspecified atom stereocenters. The molecule has 49 heavy (non-hydrogen) atoms. The van der Waals surface area contributed by atoms with Gasteiger partial charge < -0.3 is 24.2 Å². The van der Waals surface area contributed by atoms with Crippen molar-refractivity contribution in [2.45, 2.75) is 200 Å². The van der Waals surface area contributed by atoms with Gasteiger partial charge in [-0.3, -0.25) is 4.79 Å². The highest BCUT2D eigenvalue weighted by molar-refractivity contribution is 5.69. The lowest BCUT2D eigenvalue weighted by molar-refractivity contribution is -0.144. The van der Waals surface area contributed by atoms with Gasteiger partial charge in [0.25, 0.3) is 0 Å². The van der Waals surface area contributed by atoms with Gasteiger partial charge in [0.15, 0.2) is 6.29 Å². The molecule has 0 amide bonds. The standard InChI is InChI=1S/C43H79NO5/c1-4-7-10-13-16-25-30-39-47-42(46)33-26-19-17-21-28-35-44(37-38-45)36-29-22-18-20-27-34-43(48-40-31-23-14-11-8-5-2)49-41-32-24-15-12-9-6-3/h43,45H,4-13,16-22,25-41H2,1-3H3. The molecule has 0 fully saturated rings. The maximum atomic E-state index is 12.0. The predicted molar refractivity (Wildman–Crippen MR) is 207 cm³/mol. The van der Waals surface area contributed by atoms with Crippen LogP contribution in [-0.2, 0) is 19.0 Å². The lowest BCUT2D eigenvalue weighted by atomic mass is 10.1. The molecular weight excluding hydrogens is 610 g/mol. The van der Waals surface area contributed by atoms with Crippen molar-refractivity contribution >= 4 is 5.97 Å². The topological polar surface area (TPSA) is 68.2 Å². The third-order valence-electron chi connectivity index (χ3n) is 8.82. The normalized spacial score (nSPS) is 11.1. The minimum Gasteiger partial charge on any atom is -0.466 e. The fourth-order valence-electron chi connectivity index (χ4n) is 5.69. The van der Waals surface area contributed by atoms with Crippen molar-refractivity contribution < 1.29 is 24.1 Å². The minimum atomic E-state index is -0.163. The Balaban J connectivity index is 4.00. The average Bonchev–Trinajstić information content (AvgIpc) is 3.10. The fraction of sp³-hybridized carbons (Fsp3) is 0.884. The van der Waals surface area contributed by atoms with E-state index in [9.17, 15) is 9.90 Å². The smallest absolute Gasteiger partial charge is 0.305 e. The van der Waals surface area contributed by atoms with E-state index in [0.717, 1.165) is 90.3 Å². The number of nitrogens with zero attached hydrogens (tertiary/aromatic N) is 1. The van der Waals surface area contributed by atoms with Crippen molar-refractivity contribution in [2.75, 3.05) is 46.1 Å². The number of aliphatic hydroxyl groups excluding tert-OH is 1. The summed E-state index contributed by atoms with van der Waals surface area (Å²) in [6.07, 6.45) is 29.6. The molecule has 6 heteroatoms. The molecule has 0 aromatic heterocycles. The molecule has 0 aliphatic carbocycles. The Bertz CT molecular complexity index is 779. The van der Waals surface area contributed by atoms with Crippen LogP contribution in [0.1, 0.15) is 194 Å². The van der Waals surface area contributed by atoms with Gasteiger partial charge in [0.05, 0.1) is 26.4 Å². The summed E-state index contributed by atoms with van der Waals surface area (Å²) in [6, 6.07) is 0. The SMILES string of the molecule is CCCCC#CCCOC(CCCCCCCN(CCO)CCCCCCCC(=O)OCCCCCCCCC)OCCC#CCCCC. The summed E-state index contributed by atoms with van der Waals surface area (Å²) in [5.74, 6) is 12.9. The zero-order valence-electron chi connectivity index (χ0n) is 32.6. The molecule has 0 rings (SSSR count). The number of unbranched alkanes of at least 4 members (excludes halogenated alkanes) is 18. The molecule has 0 spiro atoms. The predicted octanol–water partition coefficient (Wildman–Crippen LogP) is 10.8. The van der Waals surface area contributed by atoms with E-state index < -0.39 is 0 Å². The molecule has 286 valence electrons. The van der Waals surface area contributed by atoms with E-state index in [0.29, 0.717) is 26.2 Å². The van der Waals surface area contributed by atoms with Crippen LogP contribution in [0.25, 0.3) is 0 Å².